The highest BCUT2D eigenvalue weighted by Crippen LogP contribution is 2.21. The van der Waals surface area contributed by atoms with Gasteiger partial charge >= 0.3 is 17.6 Å². The maximum atomic E-state index is 12.9. The number of amides is 6. The van der Waals surface area contributed by atoms with Crippen molar-refractivity contribution in [2.24, 2.45) is 0 Å². The van der Waals surface area contributed by atoms with Crippen molar-refractivity contribution in [2.75, 3.05) is 25.0 Å². The second-order valence-corrected chi connectivity index (χ2v) is 10.2. The standard InChI is InChI=1S/C29H36N6O12/c1-3-21(36)30-9-8-22(37)31-13-23(38)34-18(6-7-25(40)41)28(45)32-14-24(39)35-19(12-26(42)43)29(46)33-16-4-5-17-15(2)10-27(44)47-20(17)11-16/h4-5,10-11,18-19H,3,6-9,12-14H2,1-2H3,(H,30,36)(H,31,37)(H,32,45)(H,33,46)(H,34,38)(H,35,39)(H,40,41)(H,42,43). The van der Waals surface area contributed by atoms with Crippen LogP contribution >= 0.6 is 0 Å². The SMILES string of the molecule is CCC(=O)NCCC(=O)NCC(=O)NC(CCC(=O)O)C(=O)NCC(=O)NC(CC(=O)O)C(=O)Nc1ccc2c(C)cc(=O)oc2c1. The predicted molar refractivity (Wildman–Crippen MR) is 163 cm³/mol. The molecule has 6 amide bonds. The molecule has 2 atom stereocenters. The van der Waals surface area contributed by atoms with E-state index in [4.69, 9.17) is 9.52 Å². The molecule has 1 aromatic heterocycles. The highest BCUT2D eigenvalue weighted by atomic mass is 16.4. The third kappa shape index (κ3) is 13.4. The van der Waals surface area contributed by atoms with Crippen molar-refractivity contribution < 1.29 is 53.0 Å². The Morgan fingerprint density at radius 2 is 1.43 bits per heavy atom. The Balaban J connectivity index is 1.97. The quantitative estimate of drug-likeness (QED) is 0.0848. The maximum Gasteiger partial charge on any atom is 0.336 e. The van der Waals surface area contributed by atoms with Gasteiger partial charge in [-0.3, -0.25) is 38.4 Å². The molecule has 2 unspecified atom stereocenters. The fourth-order valence-electron chi connectivity index (χ4n) is 4.04. The smallest absolute Gasteiger partial charge is 0.336 e. The van der Waals surface area contributed by atoms with Gasteiger partial charge in [0.1, 0.15) is 17.7 Å². The summed E-state index contributed by atoms with van der Waals surface area (Å²) in [5.74, 6) is -7.24. The van der Waals surface area contributed by atoms with Crippen molar-refractivity contribution in [1.82, 2.24) is 26.6 Å². The second kappa shape index (κ2) is 18.2. The third-order valence-electron chi connectivity index (χ3n) is 6.41. The molecule has 0 aliphatic heterocycles. The zero-order valence-electron chi connectivity index (χ0n) is 25.6. The molecular weight excluding hydrogens is 624 g/mol. The minimum Gasteiger partial charge on any atom is -0.481 e. The first-order valence-corrected chi connectivity index (χ1v) is 14.4. The maximum absolute atomic E-state index is 12.9. The molecule has 0 radical (unpaired) electrons. The van der Waals surface area contributed by atoms with Crippen molar-refractivity contribution in [1.29, 1.82) is 0 Å². The number of hydrogen-bond donors (Lipinski definition) is 8. The molecule has 0 aliphatic carbocycles. The molecule has 254 valence electrons. The summed E-state index contributed by atoms with van der Waals surface area (Å²) < 4.78 is 5.13. The number of carbonyl (C=O) groups excluding carboxylic acids is 6. The van der Waals surface area contributed by atoms with E-state index in [1.807, 2.05) is 0 Å². The van der Waals surface area contributed by atoms with Crippen LogP contribution in [0.5, 0.6) is 0 Å². The lowest BCUT2D eigenvalue weighted by Crippen LogP contribution is -2.52. The summed E-state index contributed by atoms with van der Waals surface area (Å²) >= 11 is 0. The number of anilines is 1. The second-order valence-electron chi connectivity index (χ2n) is 10.2. The van der Waals surface area contributed by atoms with Gasteiger partial charge in [0, 0.05) is 49.0 Å². The molecule has 0 bridgehead atoms. The van der Waals surface area contributed by atoms with E-state index in [9.17, 15) is 48.3 Å². The Bertz CT molecular complexity index is 1590. The molecule has 0 spiro atoms. The van der Waals surface area contributed by atoms with Gasteiger partial charge in [0.25, 0.3) is 0 Å². The van der Waals surface area contributed by atoms with E-state index in [1.165, 1.54) is 18.2 Å². The highest BCUT2D eigenvalue weighted by molar-refractivity contribution is 6.01. The van der Waals surface area contributed by atoms with Gasteiger partial charge in [0.15, 0.2) is 0 Å². The average molecular weight is 661 g/mol. The van der Waals surface area contributed by atoms with Gasteiger partial charge in [-0.1, -0.05) is 6.92 Å². The van der Waals surface area contributed by atoms with E-state index < -0.39 is 85.1 Å². The molecule has 0 aliphatic rings. The van der Waals surface area contributed by atoms with Gasteiger partial charge in [0.2, 0.25) is 35.4 Å². The van der Waals surface area contributed by atoms with E-state index in [0.717, 1.165) is 0 Å². The first kappa shape index (κ1) is 37.4. The van der Waals surface area contributed by atoms with Gasteiger partial charge in [-0.2, -0.15) is 0 Å². The fraction of sp³-hybridized carbons (Fsp3) is 0.414. The number of carboxylic acid groups (broad SMARTS) is 2. The molecule has 47 heavy (non-hydrogen) atoms. The first-order chi connectivity index (χ1) is 22.2. The number of rotatable bonds is 18. The lowest BCUT2D eigenvalue weighted by atomic mass is 10.1. The normalized spacial score (nSPS) is 11.8. The van der Waals surface area contributed by atoms with Gasteiger partial charge in [0.05, 0.1) is 19.5 Å². The summed E-state index contributed by atoms with van der Waals surface area (Å²) in [4.78, 5) is 108. The minimum absolute atomic E-state index is 0.0451. The lowest BCUT2D eigenvalue weighted by molar-refractivity contribution is -0.140. The molecule has 0 saturated heterocycles. The summed E-state index contributed by atoms with van der Waals surface area (Å²) in [7, 11) is 0. The monoisotopic (exact) mass is 660 g/mol. The van der Waals surface area contributed by atoms with Crippen LogP contribution in [0.25, 0.3) is 11.0 Å². The zero-order valence-corrected chi connectivity index (χ0v) is 25.6. The number of hydrogen-bond acceptors (Lipinski definition) is 10. The Morgan fingerprint density at radius 3 is 2.06 bits per heavy atom. The number of aliphatic carboxylic acids is 2. The first-order valence-electron chi connectivity index (χ1n) is 14.4. The largest absolute Gasteiger partial charge is 0.481 e. The summed E-state index contributed by atoms with van der Waals surface area (Å²) in [6, 6.07) is 2.68. The van der Waals surface area contributed by atoms with Crippen LogP contribution < -0.4 is 37.5 Å². The van der Waals surface area contributed by atoms with Crippen molar-refractivity contribution in [2.45, 2.75) is 58.0 Å². The van der Waals surface area contributed by atoms with E-state index in [2.05, 4.69) is 31.9 Å². The van der Waals surface area contributed by atoms with Gasteiger partial charge < -0.3 is 46.5 Å². The van der Waals surface area contributed by atoms with Crippen LogP contribution in [0.2, 0.25) is 0 Å². The summed E-state index contributed by atoms with van der Waals surface area (Å²) in [5, 5.41) is 32.8. The average Bonchev–Trinajstić information content (AvgIpc) is 2.99. The summed E-state index contributed by atoms with van der Waals surface area (Å²) in [5.41, 5.74) is 0.331. The number of carbonyl (C=O) groups is 8. The van der Waals surface area contributed by atoms with E-state index in [0.29, 0.717) is 10.9 Å². The number of fused-ring (bicyclic) bond motifs is 1. The lowest BCUT2D eigenvalue weighted by Gasteiger charge is -2.19. The highest BCUT2D eigenvalue weighted by Gasteiger charge is 2.26. The van der Waals surface area contributed by atoms with Crippen molar-refractivity contribution in [3.05, 3.63) is 40.2 Å². The Morgan fingerprint density at radius 1 is 0.766 bits per heavy atom. The fourth-order valence-corrected chi connectivity index (χ4v) is 4.04. The molecule has 18 nitrogen and oxygen atoms in total. The molecular formula is C29H36N6O12. The number of carboxylic acids is 2. The predicted octanol–water partition coefficient (Wildman–Crippen LogP) is -1.50. The van der Waals surface area contributed by atoms with Crippen LogP contribution in [-0.4, -0.2) is 89.3 Å². The van der Waals surface area contributed by atoms with Gasteiger partial charge in [-0.15, -0.1) is 0 Å². The summed E-state index contributed by atoms with van der Waals surface area (Å²) in [6.45, 7) is 2.03. The summed E-state index contributed by atoms with van der Waals surface area (Å²) in [6.07, 6.45) is -1.62. The van der Waals surface area contributed by atoms with Crippen LogP contribution in [0.15, 0.2) is 33.5 Å². The van der Waals surface area contributed by atoms with Crippen molar-refractivity contribution in [3.8, 4) is 0 Å². The van der Waals surface area contributed by atoms with E-state index >= 15 is 0 Å². The Labute approximate surface area is 267 Å². The van der Waals surface area contributed by atoms with Crippen LogP contribution in [0.4, 0.5) is 5.69 Å². The Kier molecular flexibility index (Phi) is 14.5. The molecule has 2 aromatic rings. The number of aryl methyl sites for hydroxylation is 1. The number of nitrogens with one attached hydrogen (secondary N) is 6. The zero-order chi connectivity index (χ0) is 35.1. The minimum atomic E-state index is -1.60. The molecule has 0 saturated carbocycles. The van der Waals surface area contributed by atoms with Crippen molar-refractivity contribution >= 4 is 64.0 Å². The van der Waals surface area contributed by atoms with Crippen LogP contribution in [0.1, 0.15) is 44.6 Å². The molecule has 2 rings (SSSR count). The molecule has 0 fully saturated rings. The van der Waals surface area contributed by atoms with E-state index in [-0.39, 0.29) is 43.0 Å². The van der Waals surface area contributed by atoms with Crippen LogP contribution in [0, 0.1) is 6.92 Å². The van der Waals surface area contributed by atoms with Crippen LogP contribution in [0.3, 0.4) is 0 Å². The number of benzene rings is 1. The Hall–Kier alpha value is -5.81. The third-order valence-corrected chi connectivity index (χ3v) is 6.41. The van der Waals surface area contributed by atoms with E-state index in [1.54, 1.807) is 19.9 Å². The van der Waals surface area contributed by atoms with Gasteiger partial charge in [-0.05, 0) is 31.0 Å². The van der Waals surface area contributed by atoms with Crippen LogP contribution in [-0.2, 0) is 38.4 Å². The molecule has 8 N–H and O–H groups in total. The molecule has 18 heteroatoms. The topological polar surface area (TPSA) is 279 Å². The van der Waals surface area contributed by atoms with Gasteiger partial charge in [-0.25, -0.2) is 4.79 Å². The van der Waals surface area contributed by atoms with Crippen molar-refractivity contribution in [3.63, 3.8) is 0 Å². The molecule has 1 heterocycles. The molecule has 1 aromatic carbocycles.